The van der Waals surface area contributed by atoms with Crippen LogP contribution in [0.5, 0.6) is 0 Å². The molecule has 4 aromatic rings. The van der Waals surface area contributed by atoms with Gasteiger partial charge in [0.05, 0.1) is 41.7 Å². The lowest BCUT2D eigenvalue weighted by Crippen LogP contribution is -2.43. The highest BCUT2D eigenvalue weighted by molar-refractivity contribution is 6.34. The van der Waals surface area contributed by atoms with E-state index in [4.69, 9.17) is 9.47 Å². The van der Waals surface area contributed by atoms with Gasteiger partial charge in [0.1, 0.15) is 0 Å². The Hall–Kier alpha value is -4.18. The molecule has 6 rings (SSSR count). The number of aliphatic hydroxyl groups excluding tert-OH is 2. The number of fused-ring (bicyclic) bond motifs is 1. The Labute approximate surface area is 257 Å². The number of rotatable bonds is 9. The predicted molar refractivity (Wildman–Crippen MR) is 166 cm³/mol. The lowest BCUT2D eigenvalue weighted by molar-refractivity contribution is -0.253. The van der Waals surface area contributed by atoms with Gasteiger partial charge >= 0.3 is 0 Å². The highest BCUT2D eigenvalue weighted by Gasteiger charge is 2.38. The van der Waals surface area contributed by atoms with E-state index in [0.717, 1.165) is 16.7 Å². The summed E-state index contributed by atoms with van der Waals surface area (Å²) in [5.41, 5.74) is 4.51. The monoisotopic (exact) mass is 592 g/mol. The summed E-state index contributed by atoms with van der Waals surface area (Å²) in [6.07, 6.45) is -1.43. The van der Waals surface area contributed by atoms with Gasteiger partial charge in [0.25, 0.3) is 11.8 Å². The molecule has 4 aromatic carbocycles. The van der Waals surface area contributed by atoms with Crippen LogP contribution in [-0.4, -0.2) is 52.7 Å². The number of anilines is 1. The van der Waals surface area contributed by atoms with Crippen LogP contribution in [0.15, 0.2) is 103 Å². The van der Waals surface area contributed by atoms with Crippen molar-refractivity contribution in [2.45, 2.75) is 50.6 Å². The molecule has 2 N–H and O–H groups in total. The van der Waals surface area contributed by atoms with Crippen molar-refractivity contribution >= 4 is 17.5 Å². The van der Waals surface area contributed by atoms with Crippen molar-refractivity contribution in [1.29, 1.82) is 0 Å². The average molecular weight is 593 g/mol. The quantitative estimate of drug-likeness (QED) is 0.245. The third-order valence-corrected chi connectivity index (χ3v) is 8.59. The van der Waals surface area contributed by atoms with Gasteiger partial charge in [0.2, 0.25) is 0 Å². The fourth-order valence-corrected chi connectivity index (χ4v) is 5.92. The van der Waals surface area contributed by atoms with E-state index < -0.39 is 12.4 Å². The molecule has 1 fully saturated rings. The molecule has 44 heavy (non-hydrogen) atoms. The van der Waals surface area contributed by atoms with Crippen LogP contribution in [-0.2, 0) is 16.1 Å². The number of hydrogen-bond acceptors (Lipinski definition) is 7. The number of amides is 2. The fraction of sp³-hybridized carbons (Fsp3) is 0.278. The molecule has 0 aliphatic carbocycles. The van der Waals surface area contributed by atoms with Crippen LogP contribution in [0.25, 0.3) is 0 Å². The molecule has 2 heterocycles. The second-order valence-corrected chi connectivity index (χ2v) is 11.5. The van der Waals surface area contributed by atoms with Crippen molar-refractivity contribution < 1.29 is 29.3 Å². The Morgan fingerprint density at radius 1 is 0.841 bits per heavy atom. The van der Waals surface area contributed by atoms with Crippen LogP contribution in [0.3, 0.4) is 0 Å². The third kappa shape index (κ3) is 5.95. The molecule has 2 amide bonds. The van der Waals surface area contributed by atoms with Crippen LogP contribution in [0.2, 0.25) is 0 Å². The zero-order valence-electron chi connectivity index (χ0n) is 24.7. The zero-order valence-corrected chi connectivity index (χ0v) is 24.7. The lowest BCUT2D eigenvalue weighted by Gasteiger charge is -2.39. The summed E-state index contributed by atoms with van der Waals surface area (Å²) in [4.78, 5) is 29.6. The second-order valence-electron chi connectivity index (χ2n) is 11.5. The minimum Gasteiger partial charge on any atom is -0.392 e. The van der Waals surface area contributed by atoms with Gasteiger partial charge in [0.15, 0.2) is 6.29 Å². The van der Waals surface area contributed by atoms with Gasteiger partial charge in [-0.05, 0) is 54.9 Å². The number of carbonyl (C=O) groups is 2. The maximum atomic E-state index is 13.2. The summed E-state index contributed by atoms with van der Waals surface area (Å²) in [5.74, 6) is -0.721. The minimum absolute atomic E-state index is 0.0445. The van der Waals surface area contributed by atoms with Crippen molar-refractivity contribution in [2.75, 3.05) is 18.5 Å². The minimum atomic E-state index is -0.769. The average Bonchev–Trinajstić information content (AvgIpc) is 3.33. The number of hydrogen-bond donors (Lipinski definition) is 2. The maximum Gasteiger partial charge on any atom is 0.266 e. The SMILES string of the molecule is C[C@@H]([C@H](O)c1ccccc1)N(C)C[C@@H]1C[C@H](c2ccc(CO)cc2)O[C@H](c2cccc(N3C(=O)c4ccccc4C3=O)c2)O1. The van der Waals surface area contributed by atoms with Gasteiger partial charge in [-0.15, -0.1) is 0 Å². The molecule has 0 radical (unpaired) electrons. The van der Waals surface area contributed by atoms with E-state index in [2.05, 4.69) is 4.90 Å². The summed E-state index contributed by atoms with van der Waals surface area (Å²) in [6, 6.07) is 31.1. The number of nitrogens with zero attached hydrogens (tertiary/aromatic N) is 2. The third-order valence-electron chi connectivity index (χ3n) is 8.59. The van der Waals surface area contributed by atoms with Crippen molar-refractivity contribution in [3.05, 3.63) is 137 Å². The van der Waals surface area contributed by atoms with Gasteiger partial charge < -0.3 is 19.7 Å². The largest absolute Gasteiger partial charge is 0.392 e. The van der Waals surface area contributed by atoms with Crippen molar-refractivity contribution in [1.82, 2.24) is 4.90 Å². The first kappa shape index (κ1) is 29.9. The number of ether oxygens (including phenoxy) is 2. The summed E-state index contributed by atoms with van der Waals surface area (Å²) in [5, 5.41) is 20.6. The summed E-state index contributed by atoms with van der Waals surface area (Å²) in [7, 11) is 1.97. The first-order chi connectivity index (χ1) is 21.3. The molecule has 0 spiro atoms. The van der Waals surface area contributed by atoms with Crippen molar-refractivity contribution in [3.8, 4) is 0 Å². The van der Waals surface area contributed by atoms with Crippen molar-refractivity contribution in [2.24, 2.45) is 0 Å². The molecule has 0 aromatic heterocycles. The molecule has 226 valence electrons. The Kier molecular flexibility index (Phi) is 8.70. The maximum absolute atomic E-state index is 13.2. The second kappa shape index (κ2) is 12.8. The molecular weight excluding hydrogens is 556 g/mol. The Morgan fingerprint density at radius 2 is 1.50 bits per heavy atom. The number of benzene rings is 4. The lowest BCUT2D eigenvalue weighted by atomic mass is 9.98. The molecule has 5 atom stereocenters. The number of likely N-dealkylation sites (N-methyl/N-ethyl adjacent to an activating group) is 1. The van der Waals surface area contributed by atoms with Crippen LogP contribution in [0.4, 0.5) is 5.69 Å². The van der Waals surface area contributed by atoms with Gasteiger partial charge in [0, 0.05) is 24.6 Å². The molecule has 8 heteroatoms. The molecule has 0 saturated carbocycles. The zero-order chi connectivity index (χ0) is 30.8. The molecule has 2 aliphatic heterocycles. The van der Waals surface area contributed by atoms with E-state index in [1.807, 2.05) is 74.6 Å². The first-order valence-electron chi connectivity index (χ1n) is 14.9. The predicted octanol–water partition coefficient (Wildman–Crippen LogP) is 5.58. The molecule has 2 aliphatic rings. The smallest absolute Gasteiger partial charge is 0.266 e. The number of imide groups is 1. The van der Waals surface area contributed by atoms with E-state index in [0.29, 0.717) is 35.3 Å². The normalized spacial score (nSPS) is 21.4. The standard InChI is InChI=1S/C36H36N2O6/c1-23(33(40)26-9-4-3-5-10-26)37(2)21-29-20-32(25-17-15-24(22-39)16-18-25)44-36(43-29)27-11-8-12-28(19-27)38-34(41)30-13-6-7-14-31(30)35(38)42/h3-19,23,29,32-33,36,39-40H,20-22H2,1-2H3/t23-,29-,32+,33-,36+/m0/s1. The van der Waals surface area contributed by atoms with Gasteiger partial charge in [-0.25, -0.2) is 4.90 Å². The van der Waals surface area contributed by atoms with Crippen LogP contribution >= 0.6 is 0 Å². The molecular formula is C36H36N2O6. The van der Waals surface area contributed by atoms with E-state index in [1.54, 1.807) is 42.5 Å². The van der Waals surface area contributed by atoms with Crippen molar-refractivity contribution in [3.63, 3.8) is 0 Å². The van der Waals surface area contributed by atoms with Gasteiger partial charge in [-0.3, -0.25) is 14.5 Å². The summed E-state index contributed by atoms with van der Waals surface area (Å²) >= 11 is 0. The topological polar surface area (TPSA) is 99.5 Å². The van der Waals surface area contributed by atoms with Crippen LogP contribution in [0, 0.1) is 0 Å². The number of aliphatic hydroxyl groups is 2. The highest BCUT2D eigenvalue weighted by atomic mass is 16.7. The molecule has 0 bridgehead atoms. The van der Waals surface area contributed by atoms with Gasteiger partial charge in [-0.2, -0.15) is 0 Å². The Balaban J connectivity index is 1.26. The van der Waals surface area contributed by atoms with Gasteiger partial charge in [-0.1, -0.05) is 78.9 Å². The van der Waals surface area contributed by atoms with E-state index in [1.165, 1.54) is 4.90 Å². The van der Waals surface area contributed by atoms with Crippen LogP contribution < -0.4 is 4.90 Å². The van der Waals surface area contributed by atoms with Crippen LogP contribution in [0.1, 0.15) is 74.8 Å². The van der Waals surface area contributed by atoms with E-state index in [-0.39, 0.29) is 36.7 Å². The van der Waals surface area contributed by atoms with E-state index in [9.17, 15) is 19.8 Å². The summed E-state index contributed by atoms with van der Waals surface area (Å²) < 4.78 is 13.0. The Morgan fingerprint density at radius 3 is 2.16 bits per heavy atom. The molecule has 8 nitrogen and oxygen atoms in total. The molecule has 1 saturated heterocycles. The molecule has 0 unspecified atom stereocenters. The van der Waals surface area contributed by atoms with E-state index >= 15 is 0 Å². The summed E-state index contributed by atoms with van der Waals surface area (Å²) in [6.45, 7) is 2.48. The highest BCUT2D eigenvalue weighted by Crippen LogP contribution is 2.40. The fourth-order valence-electron chi connectivity index (χ4n) is 5.92. The number of carbonyl (C=O) groups excluding carboxylic acids is 2. The first-order valence-corrected chi connectivity index (χ1v) is 14.9. The Bertz CT molecular complexity index is 1590.